The summed E-state index contributed by atoms with van der Waals surface area (Å²) in [6.07, 6.45) is 2.01. The topological polar surface area (TPSA) is 31.2 Å². The summed E-state index contributed by atoms with van der Waals surface area (Å²) in [5.74, 6) is -0.276. The molecule has 3 aromatic rings. The number of para-hydroxylation sites is 1. The van der Waals surface area contributed by atoms with Gasteiger partial charge in [-0.05, 0) is 43.3 Å². The van der Waals surface area contributed by atoms with E-state index in [1.54, 1.807) is 6.07 Å². The molecule has 0 saturated carbocycles. The molecule has 20 heavy (non-hydrogen) atoms. The van der Waals surface area contributed by atoms with Crippen molar-refractivity contribution in [1.29, 1.82) is 0 Å². The number of hydrogen-bond acceptors (Lipinski definition) is 2. The van der Waals surface area contributed by atoms with Gasteiger partial charge in [-0.1, -0.05) is 18.2 Å². The van der Waals surface area contributed by atoms with Crippen LogP contribution in [0.5, 0.6) is 0 Å². The first-order valence-corrected chi connectivity index (χ1v) is 6.63. The largest absolute Gasteiger partial charge is 0.462 e. The fourth-order valence-electron chi connectivity index (χ4n) is 2.30. The molecule has 0 aliphatic heterocycles. The lowest BCUT2D eigenvalue weighted by Crippen LogP contribution is -2.04. The van der Waals surface area contributed by atoms with Gasteiger partial charge in [0, 0.05) is 17.3 Å². The summed E-state index contributed by atoms with van der Waals surface area (Å²) in [4.78, 5) is 11.7. The Labute approximate surface area is 117 Å². The molecule has 1 aromatic heterocycles. The van der Waals surface area contributed by atoms with Crippen LogP contribution in [-0.2, 0) is 4.74 Å². The van der Waals surface area contributed by atoms with Crippen LogP contribution < -0.4 is 0 Å². The first-order valence-electron chi connectivity index (χ1n) is 6.63. The van der Waals surface area contributed by atoms with E-state index in [1.165, 1.54) is 0 Å². The number of nitrogens with zero attached hydrogens (tertiary/aromatic N) is 1. The van der Waals surface area contributed by atoms with Crippen molar-refractivity contribution in [2.24, 2.45) is 0 Å². The minimum atomic E-state index is -0.276. The van der Waals surface area contributed by atoms with Crippen LogP contribution in [0, 0.1) is 0 Å². The van der Waals surface area contributed by atoms with Gasteiger partial charge in [0.1, 0.15) is 0 Å². The first-order chi connectivity index (χ1) is 9.79. The van der Waals surface area contributed by atoms with Crippen LogP contribution in [0.15, 0.2) is 60.8 Å². The van der Waals surface area contributed by atoms with Gasteiger partial charge in [-0.3, -0.25) is 0 Å². The van der Waals surface area contributed by atoms with Gasteiger partial charge < -0.3 is 9.30 Å². The Balaban J connectivity index is 2.05. The van der Waals surface area contributed by atoms with Crippen molar-refractivity contribution >= 4 is 16.9 Å². The standard InChI is InChI=1S/C17H15NO2/c1-2-20-17(19)14-8-9-16-13(12-14)10-11-18(16)15-6-4-3-5-7-15/h3-12H,2H2,1H3. The van der Waals surface area contributed by atoms with Crippen molar-refractivity contribution in [1.82, 2.24) is 4.57 Å². The van der Waals surface area contributed by atoms with Gasteiger partial charge in [0.2, 0.25) is 0 Å². The molecule has 0 unspecified atom stereocenters. The molecule has 0 N–H and O–H groups in total. The van der Waals surface area contributed by atoms with Crippen LogP contribution in [0.3, 0.4) is 0 Å². The Morgan fingerprint density at radius 2 is 1.90 bits per heavy atom. The third-order valence-electron chi connectivity index (χ3n) is 3.24. The molecule has 0 bridgehead atoms. The van der Waals surface area contributed by atoms with Crippen molar-refractivity contribution in [2.45, 2.75) is 6.92 Å². The smallest absolute Gasteiger partial charge is 0.338 e. The summed E-state index contributed by atoms with van der Waals surface area (Å²) < 4.78 is 7.12. The van der Waals surface area contributed by atoms with Crippen LogP contribution in [-0.4, -0.2) is 17.1 Å². The molecule has 100 valence electrons. The number of hydrogen-bond donors (Lipinski definition) is 0. The second-order valence-corrected chi connectivity index (χ2v) is 4.52. The number of rotatable bonds is 3. The number of benzene rings is 2. The molecule has 0 spiro atoms. The molecule has 1 heterocycles. The summed E-state index contributed by atoms with van der Waals surface area (Å²) in [5.41, 5.74) is 2.76. The third kappa shape index (κ3) is 2.18. The summed E-state index contributed by atoms with van der Waals surface area (Å²) in [5, 5.41) is 1.03. The quantitative estimate of drug-likeness (QED) is 0.674. The molecular weight excluding hydrogens is 250 g/mol. The molecule has 0 atom stereocenters. The number of carbonyl (C=O) groups is 1. The molecule has 0 fully saturated rings. The van der Waals surface area contributed by atoms with E-state index in [-0.39, 0.29) is 5.97 Å². The maximum atomic E-state index is 11.7. The Morgan fingerprint density at radius 3 is 2.65 bits per heavy atom. The van der Waals surface area contributed by atoms with Crippen LogP contribution in [0.1, 0.15) is 17.3 Å². The Morgan fingerprint density at radius 1 is 1.10 bits per heavy atom. The lowest BCUT2D eigenvalue weighted by Gasteiger charge is -2.06. The second kappa shape index (κ2) is 5.21. The molecule has 0 amide bonds. The van der Waals surface area contributed by atoms with E-state index >= 15 is 0 Å². The normalized spacial score (nSPS) is 10.7. The van der Waals surface area contributed by atoms with Gasteiger partial charge in [0.15, 0.2) is 0 Å². The van der Waals surface area contributed by atoms with E-state index in [0.29, 0.717) is 12.2 Å². The van der Waals surface area contributed by atoms with Crippen LogP contribution >= 0.6 is 0 Å². The van der Waals surface area contributed by atoms with Crippen LogP contribution in [0.25, 0.3) is 16.6 Å². The SMILES string of the molecule is CCOC(=O)c1ccc2c(ccn2-c2ccccc2)c1. The second-order valence-electron chi connectivity index (χ2n) is 4.52. The van der Waals surface area contributed by atoms with Gasteiger partial charge in [-0.25, -0.2) is 4.79 Å². The lowest BCUT2D eigenvalue weighted by molar-refractivity contribution is 0.0526. The molecule has 2 aromatic carbocycles. The van der Waals surface area contributed by atoms with E-state index in [9.17, 15) is 4.79 Å². The van der Waals surface area contributed by atoms with Gasteiger partial charge in [-0.2, -0.15) is 0 Å². The number of aromatic nitrogens is 1. The highest BCUT2D eigenvalue weighted by Crippen LogP contribution is 2.22. The zero-order chi connectivity index (χ0) is 13.9. The predicted molar refractivity (Wildman–Crippen MR) is 79.2 cm³/mol. The van der Waals surface area contributed by atoms with Crippen molar-refractivity contribution in [3.63, 3.8) is 0 Å². The zero-order valence-electron chi connectivity index (χ0n) is 11.2. The van der Waals surface area contributed by atoms with Gasteiger partial charge in [0.25, 0.3) is 0 Å². The third-order valence-corrected chi connectivity index (χ3v) is 3.24. The Kier molecular flexibility index (Phi) is 3.25. The highest BCUT2D eigenvalue weighted by Gasteiger charge is 2.09. The van der Waals surface area contributed by atoms with Gasteiger partial charge in [-0.15, -0.1) is 0 Å². The molecule has 3 heteroatoms. The molecule has 0 radical (unpaired) electrons. The number of carbonyl (C=O) groups excluding carboxylic acids is 1. The van der Waals surface area contributed by atoms with Crippen LogP contribution in [0.4, 0.5) is 0 Å². The average molecular weight is 265 g/mol. The van der Waals surface area contributed by atoms with Crippen molar-refractivity contribution in [3.8, 4) is 5.69 Å². The fourth-order valence-corrected chi connectivity index (χ4v) is 2.30. The first kappa shape index (κ1) is 12.5. The van der Waals surface area contributed by atoms with E-state index in [2.05, 4.69) is 16.7 Å². The molecule has 0 aliphatic carbocycles. The van der Waals surface area contributed by atoms with Crippen molar-refractivity contribution < 1.29 is 9.53 Å². The highest BCUT2D eigenvalue weighted by molar-refractivity contribution is 5.95. The summed E-state index contributed by atoms with van der Waals surface area (Å²) in [7, 11) is 0. The Bertz CT molecular complexity index is 744. The van der Waals surface area contributed by atoms with Gasteiger partial charge in [0.05, 0.1) is 17.7 Å². The maximum Gasteiger partial charge on any atom is 0.338 e. The van der Waals surface area contributed by atoms with Crippen LogP contribution in [0.2, 0.25) is 0 Å². The van der Waals surface area contributed by atoms with E-state index in [4.69, 9.17) is 4.74 Å². The summed E-state index contributed by atoms with van der Waals surface area (Å²) in [6.45, 7) is 2.20. The number of ether oxygens (including phenoxy) is 1. The molecule has 3 rings (SSSR count). The fraction of sp³-hybridized carbons (Fsp3) is 0.118. The van der Waals surface area contributed by atoms with E-state index < -0.39 is 0 Å². The van der Waals surface area contributed by atoms with Gasteiger partial charge >= 0.3 is 5.97 Å². The summed E-state index contributed by atoms with van der Waals surface area (Å²) in [6, 6.07) is 17.7. The molecular formula is C17H15NO2. The van der Waals surface area contributed by atoms with Crippen molar-refractivity contribution in [3.05, 3.63) is 66.4 Å². The monoisotopic (exact) mass is 265 g/mol. The molecule has 0 aliphatic rings. The molecule has 3 nitrogen and oxygen atoms in total. The Hall–Kier alpha value is -2.55. The minimum Gasteiger partial charge on any atom is -0.462 e. The van der Waals surface area contributed by atoms with E-state index in [1.807, 2.05) is 49.5 Å². The predicted octanol–water partition coefficient (Wildman–Crippen LogP) is 3.81. The minimum absolute atomic E-state index is 0.276. The van der Waals surface area contributed by atoms with Crippen molar-refractivity contribution in [2.75, 3.05) is 6.61 Å². The average Bonchev–Trinajstić information content (AvgIpc) is 2.91. The number of esters is 1. The summed E-state index contributed by atoms with van der Waals surface area (Å²) >= 11 is 0. The lowest BCUT2D eigenvalue weighted by atomic mass is 10.1. The zero-order valence-corrected chi connectivity index (χ0v) is 11.2. The number of fused-ring (bicyclic) bond motifs is 1. The maximum absolute atomic E-state index is 11.7. The van der Waals surface area contributed by atoms with E-state index in [0.717, 1.165) is 16.6 Å². The highest BCUT2D eigenvalue weighted by atomic mass is 16.5. The molecule has 0 saturated heterocycles.